The SMILES string of the molecule is CCC(C)c1ccc(NC(N)=NCC2CN(CC(C)C)CCO2)cc1. The van der Waals surface area contributed by atoms with Gasteiger partial charge in [-0.3, -0.25) is 9.89 Å². The van der Waals surface area contributed by atoms with E-state index in [1.165, 1.54) is 5.56 Å². The first-order valence-electron chi connectivity index (χ1n) is 9.48. The summed E-state index contributed by atoms with van der Waals surface area (Å²) in [6.45, 7) is 13.4. The minimum Gasteiger partial charge on any atom is -0.374 e. The number of nitrogens with one attached hydrogen (secondary N) is 1. The molecule has 3 N–H and O–H groups in total. The minimum absolute atomic E-state index is 0.126. The van der Waals surface area contributed by atoms with Crippen LogP contribution in [0.15, 0.2) is 29.3 Å². The molecule has 0 aliphatic carbocycles. The zero-order valence-electron chi connectivity index (χ0n) is 16.2. The molecule has 1 heterocycles. The van der Waals surface area contributed by atoms with E-state index in [1.54, 1.807) is 0 Å². The van der Waals surface area contributed by atoms with Crippen LogP contribution in [0.5, 0.6) is 0 Å². The molecule has 0 spiro atoms. The highest BCUT2D eigenvalue weighted by Crippen LogP contribution is 2.20. The second-order valence-electron chi connectivity index (χ2n) is 7.43. The Morgan fingerprint density at radius 2 is 2.04 bits per heavy atom. The van der Waals surface area contributed by atoms with Crippen molar-refractivity contribution in [2.75, 3.05) is 38.1 Å². The van der Waals surface area contributed by atoms with Crippen LogP contribution in [0.3, 0.4) is 0 Å². The third-order valence-electron chi connectivity index (χ3n) is 4.68. The number of nitrogens with two attached hydrogens (primary N) is 1. The van der Waals surface area contributed by atoms with Crippen LogP contribution in [0.4, 0.5) is 5.69 Å². The van der Waals surface area contributed by atoms with Crippen molar-refractivity contribution < 1.29 is 4.74 Å². The van der Waals surface area contributed by atoms with Gasteiger partial charge in [0.15, 0.2) is 5.96 Å². The van der Waals surface area contributed by atoms with Crippen LogP contribution in [-0.4, -0.2) is 49.7 Å². The van der Waals surface area contributed by atoms with Gasteiger partial charge in [-0.2, -0.15) is 0 Å². The first-order valence-corrected chi connectivity index (χ1v) is 9.48. The third-order valence-corrected chi connectivity index (χ3v) is 4.68. The molecule has 0 bridgehead atoms. The van der Waals surface area contributed by atoms with Crippen LogP contribution in [0.25, 0.3) is 0 Å². The van der Waals surface area contributed by atoms with Crippen LogP contribution in [0.1, 0.15) is 45.6 Å². The molecule has 25 heavy (non-hydrogen) atoms. The Labute approximate surface area is 152 Å². The standard InChI is InChI=1S/C20H34N4O/c1-5-16(4)17-6-8-18(9-7-17)23-20(21)22-12-19-14-24(10-11-25-19)13-15(2)3/h6-9,15-16,19H,5,10-14H2,1-4H3,(H3,21,22,23). The van der Waals surface area contributed by atoms with Crippen molar-refractivity contribution in [3.05, 3.63) is 29.8 Å². The first kappa shape index (κ1) is 19.7. The van der Waals surface area contributed by atoms with E-state index >= 15 is 0 Å². The van der Waals surface area contributed by atoms with Crippen molar-refractivity contribution in [3.8, 4) is 0 Å². The predicted molar refractivity (Wildman–Crippen MR) is 106 cm³/mol. The minimum atomic E-state index is 0.126. The van der Waals surface area contributed by atoms with E-state index in [9.17, 15) is 0 Å². The summed E-state index contributed by atoms with van der Waals surface area (Å²) in [6, 6.07) is 8.42. The van der Waals surface area contributed by atoms with Crippen molar-refractivity contribution >= 4 is 11.6 Å². The summed E-state index contributed by atoms with van der Waals surface area (Å²) in [7, 11) is 0. The molecule has 0 aromatic heterocycles. The number of guanidine groups is 1. The molecule has 1 aromatic rings. The molecule has 5 heteroatoms. The Kier molecular flexibility index (Phi) is 7.72. The van der Waals surface area contributed by atoms with E-state index in [4.69, 9.17) is 10.5 Å². The lowest BCUT2D eigenvalue weighted by Gasteiger charge is -2.33. The van der Waals surface area contributed by atoms with Gasteiger partial charge in [0.1, 0.15) is 0 Å². The number of benzene rings is 1. The maximum Gasteiger partial charge on any atom is 0.193 e. The summed E-state index contributed by atoms with van der Waals surface area (Å²) in [6.07, 6.45) is 1.27. The topological polar surface area (TPSA) is 62.9 Å². The maximum atomic E-state index is 6.03. The lowest BCUT2D eigenvalue weighted by atomic mass is 9.99. The number of morpholine rings is 1. The van der Waals surface area contributed by atoms with Gasteiger partial charge in [0.25, 0.3) is 0 Å². The summed E-state index contributed by atoms with van der Waals surface area (Å²) < 4.78 is 5.81. The summed E-state index contributed by atoms with van der Waals surface area (Å²) in [5.74, 6) is 1.70. The van der Waals surface area contributed by atoms with Gasteiger partial charge >= 0.3 is 0 Å². The summed E-state index contributed by atoms with van der Waals surface area (Å²) in [5.41, 5.74) is 8.35. The number of ether oxygens (including phenoxy) is 1. The van der Waals surface area contributed by atoms with Crippen molar-refractivity contribution in [2.45, 2.75) is 46.1 Å². The summed E-state index contributed by atoms with van der Waals surface area (Å²) in [5, 5.41) is 3.17. The molecule has 1 fully saturated rings. The van der Waals surface area contributed by atoms with Gasteiger partial charge in [-0.1, -0.05) is 39.8 Å². The summed E-state index contributed by atoms with van der Waals surface area (Å²) in [4.78, 5) is 6.91. The highest BCUT2D eigenvalue weighted by atomic mass is 16.5. The second kappa shape index (κ2) is 9.78. The molecule has 5 nitrogen and oxygen atoms in total. The van der Waals surface area contributed by atoms with Gasteiger partial charge < -0.3 is 15.8 Å². The molecule has 140 valence electrons. The monoisotopic (exact) mass is 346 g/mol. The Balaban J connectivity index is 1.82. The maximum absolute atomic E-state index is 6.03. The van der Waals surface area contributed by atoms with Gasteiger partial charge in [0, 0.05) is 25.3 Å². The average Bonchev–Trinajstić information content (AvgIpc) is 2.60. The lowest BCUT2D eigenvalue weighted by Crippen LogP contribution is -2.45. The van der Waals surface area contributed by atoms with Gasteiger partial charge in [-0.05, 0) is 36.0 Å². The van der Waals surface area contributed by atoms with Crippen molar-refractivity contribution in [1.82, 2.24) is 4.90 Å². The van der Waals surface area contributed by atoms with Gasteiger partial charge in [0.05, 0.1) is 19.3 Å². The van der Waals surface area contributed by atoms with Gasteiger partial charge in [-0.15, -0.1) is 0 Å². The van der Waals surface area contributed by atoms with E-state index in [0.29, 0.717) is 24.3 Å². The largest absolute Gasteiger partial charge is 0.374 e. The molecular formula is C20H34N4O. The lowest BCUT2D eigenvalue weighted by molar-refractivity contribution is -0.0261. The van der Waals surface area contributed by atoms with Crippen molar-refractivity contribution in [3.63, 3.8) is 0 Å². The number of hydrogen-bond donors (Lipinski definition) is 2. The van der Waals surface area contributed by atoms with Crippen molar-refractivity contribution in [2.24, 2.45) is 16.6 Å². The number of aliphatic imine (C=N–C) groups is 1. The van der Waals surface area contributed by atoms with Gasteiger partial charge in [0.2, 0.25) is 0 Å². The molecule has 1 saturated heterocycles. The van der Waals surface area contributed by atoms with E-state index < -0.39 is 0 Å². The molecule has 2 rings (SSSR count). The average molecular weight is 347 g/mol. The zero-order chi connectivity index (χ0) is 18.2. The van der Waals surface area contributed by atoms with Crippen molar-refractivity contribution in [1.29, 1.82) is 0 Å². The summed E-state index contributed by atoms with van der Waals surface area (Å²) >= 11 is 0. The Hall–Kier alpha value is -1.59. The molecular weight excluding hydrogens is 312 g/mol. The number of rotatable bonds is 7. The van der Waals surface area contributed by atoms with Crippen LogP contribution in [-0.2, 0) is 4.74 Å². The number of hydrogen-bond acceptors (Lipinski definition) is 3. The quantitative estimate of drug-likeness (QED) is 0.587. The third kappa shape index (κ3) is 6.67. The van der Waals surface area contributed by atoms with E-state index in [-0.39, 0.29) is 6.10 Å². The smallest absolute Gasteiger partial charge is 0.193 e. The fourth-order valence-corrected chi connectivity index (χ4v) is 3.09. The van der Waals surface area contributed by atoms with Crippen LogP contribution in [0, 0.1) is 5.92 Å². The molecule has 1 aromatic carbocycles. The molecule has 2 atom stereocenters. The molecule has 0 saturated carbocycles. The fraction of sp³-hybridized carbons (Fsp3) is 0.650. The Morgan fingerprint density at radius 3 is 2.68 bits per heavy atom. The highest BCUT2D eigenvalue weighted by molar-refractivity contribution is 5.92. The van der Waals surface area contributed by atoms with E-state index in [2.05, 4.69) is 67.2 Å². The fourth-order valence-electron chi connectivity index (χ4n) is 3.09. The second-order valence-corrected chi connectivity index (χ2v) is 7.43. The molecule has 1 aliphatic heterocycles. The molecule has 2 unspecified atom stereocenters. The Morgan fingerprint density at radius 1 is 1.32 bits per heavy atom. The van der Waals surface area contributed by atoms with Gasteiger partial charge in [-0.25, -0.2) is 0 Å². The zero-order valence-corrected chi connectivity index (χ0v) is 16.2. The molecule has 0 radical (unpaired) electrons. The van der Waals surface area contributed by atoms with Crippen LogP contribution in [0.2, 0.25) is 0 Å². The number of anilines is 1. The first-order chi connectivity index (χ1) is 12.0. The van der Waals surface area contributed by atoms with Crippen LogP contribution < -0.4 is 11.1 Å². The van der Waals surface area contributed by atoms with E-state index in [0.717, 1.165) is 38.3 Å². The normalized spacial score (nSPS) is 20.7. The predicted octanol–water partition coefficient (Wildman–Crippen LogP) is 3.28. The molecule has 0 amide bonds. The molecule has 1 aliphatic rings. The number of nitrogens with zero attached hydrogens (tertiary/aromatic N) is 2. The van der Waals surface area contributed by atoms with E-state index in [1.807, 2.05) is 0 Å². The highest BCUT2D eigenvalue weighted by Gasteiger charge is 2.20. The Bertz CT molecular complexity index is 541. The van der Waals surface area contributed by atoms with Crippen LogP contribution >= 0.6 is 0 Å².